The number of alkyl halides is 1. The van der Waals surface area contributed by atoms with Crippen LogP contribution < -0.4 is 23.7 Å². The molecule has 0 bridgehead atoms. The Morgan fingerprint density at radius 3 is 2.61 bits per heavy atom. The topological polar surface area (TPSA) is 83.5 Å². The lowest BCUT2D eigenvalue weighted by molar-refractivity contribution is -0.0181. The number of hydrogen-bond donors (Lipinski definition) is 1. The highest BCUT2D eigenvalue weighted by molar-refractivity contribution is 9.09. The van der Waals surface area contributed by atoms with Crippen LogP contribution in [0.2, 0.25) is 0 Å². The fraction of sp³-hybridized carbons (Fsp3) is 0.435. The highest BCUT2D eigenvalue weighted by Crippen LogP contribution is 2.50. The lowest BCUT2D eigenvalue weighted by atomic mass is 9.81. The van der Waals surface area contributed by atoms with Crippen LogP contribution in [0.15, 0.2) is 24.3 Å². The molecule has 0 fully saturated rings. The summed E-state index contributed by atoms with van der Waals surface area (Å²) in [6, 6.07) is 7.07. The summed E-state index contributed by atoms with van der Waals surface area (Å²) in [5.41, 5.74) is 1.01. The molecule has 31 heavy (non-hydrogen) atoms. The number of fused-ring (bicyclic) bond motifs is 6. The van der Waals surface area contributed by atoms with E-state index >= 15 is 0 Å². The third-order valence-corrected chi connectivity index (χ3v) is 7.42. The van der Waals surface area contributed by atoms with Gasteiger partial charge in [-0.2, -0.15) is 0 Å². The maximum Gasteiger partial charge on any atom is 0.178 e. The van der Waals surface area contributed by atoms with E-state index in [1.54, 1.807) is 45.4 Å². The van der Waals surface area contributed by atoms with Gasteiger partial charge in [-0.3, -0.25) is 4.79 Å². The lowest BCUT2D eigenvalue weighted by Crippen LogP contribution is -2.44. The molecule has 8 heteroatoms. The van der Waals surface area contributed by atoms with Crippen LogP contribution in [0.4, 0.5) is 0 Å². The van der Waals surface area contributed by atoms with Crippen molar-refractivity contribution in [2.75, 3.05) is 26.2 Å². The van der Waals surface area contributed by atoms with Crippen molar-refractivity contribution in [1.82, 2.24) is 0 Å². The first kappa shape index (κ1) is 20.5. The zero-order chi connectivity index (χ0) is 21.9. The van der Waals surface area contributed by atoms with Crippen molar-refractivity contribution in [2.45, 2.75) is 37.1 Å². The molecule has 164 valence electrons. The maximum absolute atomic E-state index is 13.6. The average Bonchev–Trinajstić information content (AvgIpc) is 3.23. The molecule has 0 unspecified atom stereocenters. The van der Waals surface area contributed by atoms with E-state index < -0.39 is 23.7 Å². The second kappa shape index (κ2) is 7.31. The molecule has 1 N–H and O–H groups in total. The van der Waals surface area contributed by atoms with E-state index in [9.17, 15) is 9.90 Å². The summed E-state index contributed by atoms with van der Waals surface area (Å²) in [7, 11) is 3.12. The van der Waals surface area contributed by atoms with Crippen molar-refractivity contribution in [3.8, 4) is 28.7 Å². The number of ketones is 1. The summed E-state index contributed by atoms with van der Waals surface area (Å²) < 4.78 is 29.0. The number of benzene rings is 2. The first-order valence-electron chi connectivity index (χ1n) is 10.1. The van der Waals surface area contributed by atoms with Crippen LogP contribution in [0.25, 0.3) is 0 Å². The third-order valence-electron chi connectivity index (χ3n) is 6.28. The Bertz CT molecular complexity index is 1060. The molecule has 3 heterocycles. The standard InChI is InChI=1S/C23H23BrO7/c1-23(26,10-24)19-7-13-14(30-19)5-4-11-21(25)20-12-6-16(27-2)17(28-3)8-15(12)29-9-18(20)31-22(11)13/h4-6,8,18-20,26H,7,9-10H2,1-3H3/t18-,19-,20+,23-/m1/s1/i24+2. The zero-order valence-corrected chi connectivity index (χ0v) is 19.0. The fourth-order valence-corrected chi connectivity index (χ4v) is 4.86. The van der Waals surface area contributed by atoms with Gasteiger partial charge in [0.25, 0.3) is 0 Å². The van der Waals surface area contributed by atoms with Crippen LogP contribution in [0, 0.1) is 0 Å². The summed E-state index contributed by atoms with van der Waals surface area (Å²) in [4.78, 5) is 13.6. The van der Waals surface area contributed by atoms with E-state index in [2.05, 4.69) is 15.9 Å². The number of hydrogen-bond acceptors (Lipinski definition) is 7. The predicted molar refractivity (Wildman–Crippen MR) is 116 cm³/mol. The first-order valence-corrected chi connectivity index (χ1v) is 11.2. The average molecular weight is 493 g/mol. The molecule has 0 saturated carbocycles. The molecule has 2 aromatic rings. The molecule has 3 aliphatic heterocycles. The number of carbonyl (C=O) groups excluding carboxylic acids is 1. The number of ether oxygens (including phenoxy) is 5. The van der Waals surface area contributed by atoms with Crippen molar-refractivity contribution in [3.63, 3.8) is 0 Å². The summed E-state index contributed by atoms with van der Waals surface area (Å²) in [5, 5.41) is 11.0. The molecule has 0 spiro atoms. The number of rotatable bonds is 4. The molecule has 3 aliphatic rings. The summed E-state index contributed by atoms with van der Waals surface area (Å²) in [6.07, 6.45) is -0.428. The molecule has 5 rings (SSSR count). The second-order valence-corrected chi connectivity index (χ2v) is 8.84. The van der Waals surface area contributed by atoms with Gasteiger partial charge in [0, 0.05) is 28.9 Å². The summed E-state index contributed by atoms with van der Waals surface area (Å²) in [5.74, 6) is 2.32. The quantitative estimate of drug-likeness (QED) is 0.655. The van der Waals surface area contributed by atoms with Crippen LogP contribution >= 0.6 is 15.9 Å². The van der Waals surface area contributed by atoms with Gasteiger partial charge < -0.3 is 28.8 Å². The SMILES string of the molecule is COc1cc2c(cc1OC)[C@@H]1C(=O)c3ccc4c(c3O[C@@H]1CO2)C[C@H]([C@](C)(O)C[82Br])O4. The van der Waals surface area contributed by atoms with Gasteiger partial charge in [0.1, 0.15) is 41.7 Å². The minimum atomic E-state index is -1.05. The maximum atomic E-state index is 13.6. The Balaban J connectivity index is 1.55. The third kappa shape index (κ3) is 3.07. The summed E-state index contributed by atoms with van der Waals surface area (Å²) >= 11 is 3.34. The molecule has 2 aromatic carbocycles. The van der Waals surface area contributed by atoms with Gasteiger partial charge >= 0.3 is 0 Å². The largest absolute Gasteiger partial charge is 0.493 e. The molecule has 0 aromatic heterocycles. The first-order chi connectivity index (χ1) is 14.9. The highest BCUT2D eigenvalue weighted by Gasteiger charge is 2.47. The lowest BCUT2D eigenvalue weighted by Gasteiger charge is -2.37. The van der Waals surface area contributed by atoms with E-state index in [1.807, 2.05) is 0 Å². The van der Waals surface area contributed by atoms with Crippen LogP contribution in [0.3, 0.4) is 0 Å². The van der Waals surface area contributed by atoms with Crippen molar-refractivity contribution in [1.29, 1.82) is 0 Å². The zero-order valence-electron chi connectivity index (χ0n) is 17.4. The van der Waals surface area contributed by atoms with Crippen molar-refractivity contribution in [2.24, 2.45) is 0 Å². The number of halogens is 1. The molecular weight excluding hydrogens is 470 g/mol. The van der Waals surface area contributed by atoms with E-state index in [4.69, 9.17) is 23.7 Å². The second-order valence-electron chi connectivity index (χ2n) is 8.27. The normalized spacial score (nSPS) is 24.9. The number of carbonyl (C=O) groups is 1. The fourth-order valence-electron chi connectivity index (χ4n) is 4.50. The van der Waals surface area contributed by atoms with Crippen molar-refractivity contribution >= 4 is 21.7 Å². The van der Waals surface area contributed by atoms with Gasteiger partial charge in [-0.25, -0.2) is 0 Å². The molecule has 0 radical (unpaired) electrons. The minimum Gasteiger partial charge on any atom is -0.493 e. The highest BCUT2D eigenvalue weighted by atomic mass is 81.9. The van der Waals surface area contributed by atoms with E-state index in [0.29, 0.717) is 46.1 Å². The summed E-state index contributed by atoms with van der Waals surface area (Å²) in [6.45, 7) is 1.96. The Labute approximate surface area is 188 Å². The van der Waals surface area contributed by atoms with Crippen LogP contribution in [0.1, 0.15) is 34.3 Å². The number of Topliss-reactive ketones (excluding diaryl/α,β-unsaturated/α-hetero) is 1. The van der Waals surface area contributed by atoms with Crippen LogP contribution in [-0.4, -0.2) is 54.9 Å². The van der Waals surface area contributed by atoms with Crippen LogP contribution in [-0.2, 0) is 6.42 Å². The predicted octanol–water partition coefficient (Wildman–Crippen LogP) is 3.27. The molecule has 0 aliphatic carbocycles. The van der Waals surface area contributed by atoms with E-state index in [0.717, 1.165) is 11.1 Å². The van der Waals surface area contributed by atoms with Gasteiger partial charge in [-0.15, -0.1) is 0 Å². The smallest absolute Gasteiger partial charge is 0.178 e. The van der Waals surface area contributed by atoms with Gasteiger partial charge in [0.2, 0.25) is 0 Å². The number of methoxy groups -OCH3 is 2. The Morgan fingerprint density at radius 1 is 1.16 bits per heavy atom. The van der Waals surface area contributed by atoms with Crippen LogP contribution in [0.5, 0.6) is 28.7 Å². The monoisotopic (exact) mass is 493 g/mol. The van der Waals surface area contributed by atoms with Gasteiger partial charge in [-0.05, 0) is 25.1 Å². The van der Waals surface area contributed by atoms with E-state index in [-0.39, 0.29) is 12.4 Å². The van der Waals surface area contributed by atoms with Gasteiger partial charge in [0.05, 0.1) is 25.7 Å². The Hall–Kier alpha value is -2.45. The Kier molecular flexibility index (Phi) is 4.82. The minimum absolute atomic E-state index is 0.0264. The van der Waals surface area contributed by atoms with Crippen molar-refractivity contribution in [3.05, 3.63) is 41.0 Å². The molecule has 7 nitrogen and oxygen atoms in total. The molecule has 4 atom stereocenters. The molecular formula is C23H23BrO7. The number of aliphatic hydroxyl groups is 1. The van der Waals surface area contributed by atoms with Gasteiger partial charge in [-0.1, -0.05) is 15.9 Å². The molecule has 0 amide bonds. The van der Waals surface area contributed by atoms with Crippen molar-refractivity contribution < 1.29 is 33.6 Å². The van der Waals surface area contributed by atoms with E-state index in [1.165, 1.54) is 0 Å². The van der Waals surface area contributed by atoms with Gasteiger partial charge in [0.15, 0.2) is 17.3 Å². The molecule has 0 saturated heterocycles. The Morgan fingerprint density at radius 2 is 1.90 bits per heavy atom.